The Hall–Kier alpha value is -2.02. The Labute approximate surface area is 212 Å². The molecule has 186 valence electrons. The van der Waals surface area contributed by atoms with Crippen LogP contribution in [0.4, 0.5) is 0 Å². The van der Waals surface area contributed by atoms with Crippen LogP contribution in [0.3, 0.4) is 0 Å². The third-order valence-electron chi connectivity index (χ3n) is 5.31. The molecule has 1 aromatic carbocycles. The minimum Gasteiger partial charge on any atom is -0.460 e. The molecular weight excluding hydrogens is 557 g/mol. The lowest BCUT2D eigenvalue weighted by Gasteiger charge is -2.30. The summed E-state index contributed by atoms with van der Waals surface area (Å²) in [6, 6.07) is 6.43. The van der Waals surface area contributed by atoms with Crippen molar-refractivity contribution in [3.63, 3.8) is 0 Å². The second-order valence-electron chi connectivity index (χ2n) is 9.18. The molecule has 2 aliphatic rings. The highest BCUT2D eigenvalue weighted by Gasteiger charge is 2.42. The Bertz CT molecular complexity index is 941. The van der Waals surface area contributed by atoms with Gasteiger partial charge in [-0.05, 0) is 68.0 Å². The monoisotopic (exact) mass is 587 g/mol. The maximum atomic E-state index is 12.9. The summed E-state index contributed by atoms with van der Waals surface area (Å²) in [7, 11) is 0. The molecule has 1 saturated heterocycles. The molecular formula is C24H30INO8. The van der Waals surface area contributed by atoms with E-state index in [9.17, 15) is 19.5 Å². The molecule has 10 heteroatoms. The highest BCUT2D eigenvalue weighted by Crippen LogP contribution is 2.31. The van der Waals surface area contributed by atoms with Crippen LogP contribution >= 0.6 is 22.6 Å². The molecule has 4 unspecified atom stereocenters. The smallest absolute Gasteiger partial charge is 0.339 e. The number of rotatable bonds is 8. The van der Waals surface area contributed by atoms with Crippen molar-refractivity contribution in [2.45, 2.75) is 70.0 Å². The second-order valence-corrected chi connectivity index (χ2v) is 10.3. The number of ether oxygens (including phenoxy) is 4. The molecule has 1 fully saturated rings. The molecule has 3 rings (SSSR count). The molecule has 0 saturated carbocycles. The number of benzene rings is 1. The first-order chi connectivity index (χ1) is 16.1. The van der Waals surface area contributed by atoms with Gasteiger partial charge in [-0.2, -0.15) is 0 Å². The summed E-state index contributed by atoms with van der Waals surface area (Å²) in [5.74, 6) is -1.33. The third-order valence-corrected chi connectivity index (χ3v) is 6.25. The first kappa shape index (κ1) is 26.6. The third kappa shape index (κ3) is 7.24. The van der Waals surface area contributed by atoms with Crippen LogP contribution in [0.15, 0.2) is 35.9 Å². The van der Waals surface area contributed by atoms with Crippen LogP contribution in [0.2, 0.25) is 0 Å². The summed E-state index contributed by atoms with van der Waals surface area (Å²) >= 11 is 2.06. The summed E-state index contributed by atoms with van der Waals surface area (Å²) in [6.45, 7) is 5.02. The quantitative estimate of drug-likeness (QED) is 0.352. The van der Waals surface area contributed by atoms with E-state index in [0.717, 1.165) is 3.57 Å². The summed E-state index contributed by atoms with van der Waals surface area (Å²) < 4.78 is 22.9. The standard InChI is InChI=1S/C24H30INO8/c1-24(2,3)34-20(28)9-8-15(12-27)26-22(29)14-10-18-21(32-13-31-18)19(11-14)33-23(30)16-6-4-5-7-17(16)25/h4-7,10,15,18-19,21,27H,8-9,11-13H2,1-3H3,(H,26,29). The van der Waals surface area contributed by atoms with Crippen molar-refractivity contribution < 1.29 is 38.4 Å². The highest BCUT2D eigenvalue weighted by molar-refractivity contribution is 14.1. The molecule has 4 atom stereocenters. The van der Waals surface area contributed by atoms with E-state index in [1.165, 1.54) is 0 Å². The molecule has 34 heavy (non-hydrogen) atoms. The molecule has 1 aromatic rings. The first-order valence-corrected chi connectivity index (χ1v) is 12.2. The Balaban J connectivity index is 1.63. The van der Waals surface area contributed by atoms with Crippen LogP contribution in [0.1, 0.15) is 50.4 Å². The van der Waals surface area contributed by atoms with Crippen molar-refractivity contribution >= 4 is 40.4 Å². The number of nitrogens with one attached hydrogen (secondary N) is 1. The zero-order valence-electron chi connectivity index (χ0n) is 19.4. The predicted octanol–water partition coefficient (Wildman–Crippen LogP) is 2.49. The van der Waals surface area contributed by atoms with Crippen LogP contribution < -0.4 is 5.32 Å². The Morgan fingerprint density at radius 2 is 1.97 bits per heavy atom. The zero-order chi connectivity index (χ0) is 24.9. The summed E-state index contributed by atoms with van der Waals surface area (Å²) in [5, 5.41) is 12.4. The zero-order valence-corrected chi connectivity index (χ0v) is 21.6. The first-order valence-electron chi connectivity index (χ1n) is 11.1. The van der Waals surface area contributed by atoms with Crippen molar-refractivity contribution in [3.05, 3.63) is 45.0 Å². The van der Waals surface area contributed by atoms with Gasteiger partial charge in [-0.1, -0.05) is 12.1 Å². The fourth-order valence-corrected chi connectivity index (χ4v) is 4.33. The number of hydrogen-bond donors (Lipinski definition) is 2. The average Bonchev–Trinajstić information content (AvgIpc) is 3.24. The van der Waals surface area contributed by atoms with Gasteiger partial charge < -0.3 is 29.4 Å². The number of hydrogen-bond acceptors (Lipinski definition) is 8. The Morgan fingerprint density at radius 1 is 1.24 bits per heavy atom. The summed E-state index contributed by atoms with van der Waals surface area (Å²) in [6.07, 6.45) is 0.317. The number of amides is 1. The van der Waals surface area contributed by atoms with Crippen molar-refractivity contribution in [1.82, 2.24) is 5.32 Å². The molecule has 1 amide bonds. The molecule has 2 N–H and O–H groups in total. The van der Waals surface area contributed by atoms with Crippen LogP contribution in [-0.4, -0.2) is 66.3 Å². The Morgan fingerprint density at radius 3 is 2.65 bits per heavy atom. The van der Waals surface area contributed by atoms with Gasteiger partial charge in [0.25, 0.3) is 0 Å². The number of aliphatic hydroxyl groups is 1. The molecule has 1 aliphatic carbocycles. The minimum atomic E-state index is -0.712. The van der Waals surface area contributed by atoms with Gasteiger partial charge in [0.1, 0.15) is 30.7 Å². The molecule has 1 heterocycles. The number of fused-ring (bicyclic) bond motifs is 1. The molecule has 0 radical (unpaired) electrons. The topological polar surface area (TPSA) is 120 Å². The lowest BCUT2D eigenvalue weighted by atomic mass is 9.91. The molecule has 0 aromatic heterocycles. The van der Waals surface area contributed by atoms with Crippen LogP contribution in [0, 0.1) is 3.57 Å². The van der Waals surface area contributed by atoms with Gasteiger partial charge in [0.15, 0.2) is 0 Å². The van der Waals surface area contributed by atoms with Crippen LogP contribution in [-0.2, 0) is 28.5 Å². The minimum absolute atomic E-state index is 0.0345. The predicted molar refractivity (Wildman–Crippen MR) is 130 cm³/mol. The normalized spacial score (nSPS) is 22.9. The van der Waals surface area contributed by atoms with Crippen LogP contribution in [0.5, 0.6) is 0 Å². The summed E-state index contributed by atoms with van der Waals surface area (Å²) in [5.41, 5.74) is 0.191. The lowest BCUT2D eigenvalue weighted by molar-refractivity contribution is -0.155. The number of aliphatic hydroxyl groups excluding tert-OH is 1. The largest absolute Gasteiger partial charge is 0.460 e. The number of esters is 2. The van der Waals surface area contributed by atoms with E-state index < -0.39 is 47.8 Å². The Kier molecular flexibility index (Phi) is 9.07. The van der Waals surface area contributed by atoms with Gasteiger partial charge in [-0.25, -0.2) is 4.79 Å². The van der Waals surface area contributed by atoms with E-state index in [1.54, 1.807) is 45.0 Å². The highest BCUT2D eigenvalue weighted by atomic mass is 127. The number of halogens is 1. The summed E-state index contributed by atoms with van der Waals surface area (Å²) in [4.78, 5) is 37.7. The van der Waals surface area contributed by atoms with Gasteiger partial charge >= 0.3 is 11.9 Å². The maximum Gasteiger partial charge on any atom is 0.339 e. The van der Waals surface area contributed by atoms with Gasteiger partial charge in [0, 0.05) is 22.0 Å². The van der Waals surface area contributed by atoms with E-state index in [-0.39, 0.29) is 32.7 Å². The van der Waals surface area contributed by atoms with E-state index in [2.05, 4.69) is 27.9 Å². The van der Waals surface area contributed by atoms with Gasteiger partial charge in [0.05, 0.1) is 18.2 Å². The van der Waals surface area contributed by atoms with Gasteiger partial charge in [-0.3, -0.25) is 9.59 Å². The van der Waals surface area contributed by atoms with E-state index >= 15 is 0 Å². The fraction of sp³-hybridized carbons (Fsp3) is 0.542. The molecule has 0 spiro atoms. The average molecular weight is 587 g/mol. The second kappa shape index (κ2) is 11.6. The SMILES string of the molecule is CC(C)(C)OC(=O)CCC(CO)NC(=O)C1=CC2OCOC2C(OC(=O)c2ccccc2I)C1. The van der Waals surface area contributed by atoms with Crippen molar-refractivity contribution in [3.8, 4) is 0 Å². The maximum absolute atomic E-state index is 12.9. The van der Waals surface area contributed by atoms with Crippen molar-refractivity contribution in [2.24, 2.45) is 0 Å². The van der Waals surface area contributed by atoms with Gasteiger partial charge in [0.2, 0.25) is 5.91 Å². The van der Waals surface area contributed by atoms with Crippen molar-refractivity contribution in [2.75, 3.05) is 13.4 Å². The van der Waals surface area contributed by atoms with E-state index in [4.69, 9.17) is 18.9 Å². The van der Waals surface area contributed by atoms with E-state index in [1.807, 2.05) is 6.07 Å². The molecule has 1 aliphatic heterocycles. The molecule has 9 nitrogen and oxygen atoms in total. The fourth-order valence-electron chi connectivity index (χ4n) is 3.72. The van der Waals surface area contributed by atoms with E-state index in [0.29, 0.717) is 11.1 Å². The van der Waals surface area contributed by atoms with Crippen molar-refractivity contribution in [1.29, 1.82) is 0 Å². The molecule has 0 bridgehead atoms. The lowest BCUT2D eigenvalue weighted by Crippen LogP contribution is -2.45. The number of carbonyl (C=O) groups is 3. The number of carbonyl (C=O) groups excluding carboxylic acids is 3. The van der Waals surface area contributed by atoms with Crippen LogP contribution in [0.25, 0.3) is 0 Å². The van der Waals surface area contributed by atoms with Gasteiger partial charge in [-0.15, -0.1) is 0 Å².